The quantitative estimate of drug-likeness (QED) is 0.927. The molecule has 0 spiro atoms. The Kier molecular flexibility index (Phi) is 3.67. The van der Waals surface area contributed by atoms with Gasteiger partial charge in [-0.25, -0.2) is 5.10 Å². The summed E-state index contributed by atoms with van der Waals surface area (Å²) in [6.07, 6.45) is 0.0301. The molecule has 1 aromatic heterocycles. The number of rotatable bonds is 3. The summed E-state index contributed by atoms with van der Waals surface area (Å²) in [4.78, 5) is 11.8. The Labute approximate surface area is 110 Å². The lowest BCUT2D eigenvalue weighted by Gasteiger charge is -2.13. The van der Waals surface area contributed by atoms with Gasteiger partial charge in [-0.2, -0.15) is 5.10 Å². The first-order valence-corrected chi connectivity index (χ1v) is 5.97. The number of nitrogens with one attached hydrogen (secondary N) is 1. The van der Waals surface area contributed by atoms with Gasteiger partial charge >= 0.3 is 0 Å². The van der Waals surface area contributed by atoms with E-state index in [2.05, 4.69) is 10.2 Å². The average Bonchev–Trinajstić information content (AvgIpc) is 2.32. The van der Waals surface area contributed by atoms with Crippen molar-refractivity contribution in [1.82, 2.24) is 10.2 Å². The van der Waals surface area contributed by atoms with Gasteiger partial charge in [0.15, 0.2) is 0 Å². The maximum Gasteiger partial charge on any atom is 0.272 e. The van der Waals surface area contributed by atoms with E-state index in [-0.39, 0.29) is 16.8 Å². The second kappa shape index (κ2) is 5.23. The van der Waals surface area contributed by atoms with Gasteiger partial charge in [-0.3, -0.25) is 4.79 Å². The van der Waals surface area contributed by atoms with E-state index in [0.29, 0.717) is 16.9 Å². The summed E-state index contributed by atoms with van der Waals surface area (Å²) in [5.41, 5.74) is 0.863. The largest absolute Gasteiger partial charge is 0.490 e. The molecule has 18 heavy (non-hydrogen) atoms. The molecular weight excluding hydrogens is 252 g/mol. The Balaban J connectivity index is 2.56. The number of para-hydroxylation sites is 1. The first kappa shape index (κ1) is 12.6. The molecule has 0 amide bonds. The van der Waals surface area contributed by atoms with Crippen molar-refractivity contribution in [3.8, 4) is 16.9 Å². The van der Waals surface area contributed by atoms with Crippen LogP contribution in [0.5, 0.6) is 5.75 Å². The van der Waals surface area contributed by atoms with Crippen molar-refractivity contribution in [2.45, 2.75) is 20.0 Å². The van der Waals surface area contributed by atoms with Crippen molar-refractivity contribution < 1.29 is 4.74 Å². The molecule has 0 radical (unpaired) electrons. The van der Waals surface area contributed by atoms with Gasteiger partial charge < -0.3 is 4.74 Å². The van der Waals surface area contributed by atoms with E-state index in [4.69, 9.17) is 16.3 Å². The van der Waals surface area contributed by atoms with Crippen LogP contribution in [0.2, 0.25) is 5.15 Å². The molecule has 0 aliphatic rings. The van der Waals surface area contributed by atoms with Crippen molar-refractivity contribution in [2.24, 2.45) is 0 Å². The Morgan fingerprint density at radius 2 is 2.00 bits per heavy atom. The number of aromatic amines is 1. The highest BCUT2D eigenvalue weighted by molar-refractivity contribution is 6.29. The number of aromatic nitrogens is 2. The third-order valence-corrected chi connectivity index (χ3v) is 2.51. The fraction of sp³-hybridized carbons (Fsp3) is 0.231. The smallest absolute Gasteiger partial charge is 0.272 e. The fourth-order valence-corrected chi connectivity index (χ4v) is 1.78. The van der Waals surface area contributed by atoms with Crippen LogP contribution in [-0.2, 0) is 0 Å². The minimum absolute atomic E-state index is 0.0301. The molecule has 0 saturated carbocycles. The third-order valence-electron chi connectivity index (χ3n) is 2.31. The first-order chi connectivity index (χ1) is 8.58. The van der Waals surface area contributed by atoms with E-state index in [1.807, 2.05) is 38.1 Å². The van der Waals surface area contributed by atoms with Crippen molar-refractivity contribution in [3.63, 3.8) is 0 Å². The zero-order valence-electron chi connectivity index (χ0n) is 10.1. The van der Waals surface area contributed by atoms with Gasteiger partial charge in [-0.1, -0.05) is 29.8 Å². The number of hydrogen-bond acceptors (Lipinski definition) is 3. The van der Waals surface area contributed by atoms with E-state index < -0.39 is 0 Å². The summed E-state index contributed by atoms with van der Waals surface area (Å²) in [5, 5.41) is 6.24. The third kappa shape index (κ3) is 2.71. The Morgan fingerprint density at radius 3 is 2.72 bits per heavy atom. The topological polar surface area (TPSA) is 55.0 Å². The van der Waals surface area contributed by atoms with Crippen LogP contribution in [0.15, 0.2) is 35.1 Å². The second-order valence-electron chi connectivity index (χ2n) is 4.10. The highest BCUT2D eigenvalue weighted by atomic mass is 35.5. The van der Waals surface area contributed by atoms with Crippen LogP contribution in [0.1, 0.15) is 13.8 Å². The molecule has 94 valence electrons. The molecule has 0 saturated heterocycles. The van der Waals surface area contributed by atoms with Gasteiger partial charge in [0.2, 0.25) is 0 Å². The van der Waals surface area contributed by atoms with E-state index in [1.165, 1.54) is 6.07 Å². The van der Waals surface area contributed by atoms with Crippen LogP contribution >= 0.6 is 11.6 Å². The molecular formula is C13H13ClN2O2. The predicted octanol–water partition coefficient (Wildman–Crippen LogP) is 2.88. The maximum atomic E-state index is 11.8. The van der Waals surface area contributed by atoms with E-state index in [0.717, 1.165) is 0 Å². The van der Waals surface area contributed by atoms with Gasteiger partial charge in [0.25, 0.3) is 5.56 Å². The van der Waals surface area contributed by atoms with Gasteiger partial charge in [-0.05, 0) is 26.0 Å². The maximum absolute atomic E-state index is 11.8. The average molecular weight is 265 g/mol. The molecule has 5 heteroatoms. The van der Waals surface area contributed by atoms with Gasteiger partial charge in [0.1, 0.15) is 10.9 Å². The molecule has 4 nitrogen and oxygen atoms in total. The van der Waals surface area contributed by atoms with Crippen molar-refractivity contribution in [1.29, 1.82) is 0 Å². The van der Waals surface area contributed by atoms with Crippen LogP contribution < -0.4 is 10.3 Å². The molecule has 0 unspecified atom stereocenters. The SMILES string of the molecule is CC(C)Oc1ccccc1-c1cc(Cl)n[nH]c1=O. The lowest BCUT2D eigenvalue weighted by atomic mass is 10.1. The summed E-state index contributed by atoms with van der Waals surface area (Å²) in [5.74, 6) is 0.653. The van der Waals surface area contributed by atoms with Crippen LogP contribution in [0.4, 0.5) is 0 Å². The highest BCUT2D eigenvalue weighted by Gasteiger charge is 2.11. The van der Waals surface area contributed by atoms with Crippen LogP contribution in [0.25, 0.3) is 11.1 Å². The molecule has 1 heterocycles. The van der Waals surface area contributed by atoms with Crippen LogP contribution in [-0.4, -0.2) is 16.3 Å². The normalized spacial score (nSPS) is 10.7. The molecule has 0 atom stereocenters. The van der Waals surface area contributed by atoms with Crippen molar-refractivity contribution in [2.75, 3.05) is 0 Å². The summed E-state index contributed by atoms with van der Waals surface area (Å²) in [6, 6.07) is 8.87. The van der Waals surface area contributed by atoms with Crippen LogP contribution in [0, 0.1) is 0 Å². The van der Waals surface area contributed by atoms with Crippen molar-refractivity contribution >= 4 is 11.6 Å². The molecule has 0 aliphatic carbocycles. The zero-order valence-corrected chi connectivity index (χ0v) is 10.9. The van der Waals surface area contributed by atoms with Gasteiger partial charge in [-0.15, -0.1) is 0 Å². The molecule has 0 fully saturated rings. The first-order valence-electron chi connectivity index (χ1n) is 5.59. The summed E-state index contributed by atoms with van der Waals surface area (Å²) < 4.78 is 5.68. The molecule has 0 bridgehead atoms. The Hall–Kier alpha value is -1.81. The minimum atomic E-state index is -0.292. The highest BCUT2D eigenvalue weighted by Crippen LogP contribution is 2.28. The van der Waals surface area contributed by atoms with Crippen LogP contribution in [0.3, 0.4) is 0 Å². The lowest BCUT2D eigenvalue weighted by Crippen LogP contribution is -2.12. The second-order valence-corrected chi connectivity index (χ2v) is 4.48. The number of nitrogens with zero attached hydrogens (tertiary/aromatic N) is 1. The fourth-order valence-electron chi connectivity index (χ4n) is 1.63. The number of ether oxygens (including phenoxy) is 1. The van der Waals surface area contributed by atoms with E-state index in [9.17, 15) is 4.79 Å². The molecule has 1 N–H and O–H groups in total. The molecule has 2 rings (SSSR count). The number of halogens is 1. The predicted molar refractivity (Wildman–Crippen MR) is 71.1 cm³/mol. The minimum Gasteiger partial charge on any atom is -0.490 e. The standard InChI is InChI=1S/C13H13ClN2O2/c1-8(2)18-11-6-4-3-5-9(11)10-7-12(14)15-16-13(10)17/h3-8H,1-2H3,(H,16,17). The van der Waals surface area contributed by atoms with E-state index >= 15 is 0 Å². The Bertz CT molecular complexity index is 608. The Morgan fingerprint density at radius 1 is 1.28 bits per heavy atom. The number of benzene rings is 1. The summed E-state index contributed by atoms with van der Waals surface area (Å²) >= 11 is 5.80. The molecule has 1 aromatic carbocycles. The number of H-pyrrole nitrogens is 1. The monoisotopic (exact) mass is 264 g/mol. The van der Waals surface area contributed by atoms with Gasteiger partial charge in [0, 0.05) is 5.56 Å². The number of hydrogen-bond donors (Lipinski definition) is 1. The summed E-state index contributed by atoms with van der Waals surface area (Å²) in [6.45, 7) is 3.86. The zero-order chi connectivity index (χ0) is 13.1. The molecule has 0 aliphatic heterocycles. The lowest BCUT2D eigenvalue weighted by molar-refractivity contribution is 0.243. The van der Waals surface area contributed by atoms with E-state index in [1.54, 1.807) is 0 Å². The van der Waals surface area contributed by atoms with Crippen molar-refractivity contribution in [3.05, 3.63) is 45.8 Å². The summed E-state index contributed by atoms with van der Waals surface area (Å²) in [7, 11) is 0. The molecule has 2 aromatic rings. The van der Waals surface area contributed by atoms with Gasteiger partial charge in [0.05, 0.1) is 11.7 Å².